The molecule has 4 bridgehead atoms. The first-order valence-electron chi connectivity index (χ1n) is 14.4. The van der Waals surface area contributed by atoms with E-state index in [1.807, 2.05) is 61.5 Å². The van der Waals surface area contributed by atoms with Gasteiger partial charge in [0, 0.05) is 11.1 Å². The van der Waals surface area contributed by atoms with Crippen LogP contribution in [0.15, 0.2) is 54.6 Å². The molecule has 2 atom stereocenters. The van der Waals surface area contributed by atoms with Crippen molar-refractivity contribution in [2.75, 3.05) is 11.4 Å². The van der Waals surface area contributed by atoms with Gasteiger partial charge in [-0.1, -0.05) is 42.5 Å². The Morgan fingerprint density at radius 3 is 2.21 bits per heavy atom. The van der Waals surface area contributed by atoms with Crippen LogP contribution in [-0.2, 0) is 9.59 Å². The summed E-state index contributed by atoms with van der Waals surface area (Å²) in [4.78, 5) is 44.7. The summed E-state index contributed by atoms with van der Waals surface area (Å²) in [6.45, 7) is 2.07. The average molecular weight is 514 g/mol. The van der Waals surface area contributed by atoms with Crippen molar-refractivity contribution in [3.63, 3.8) is 0 Å². The van der Waals surface area contributed by atoms with Gasteiger partial charge in [-0.05, 0) is 106 Å². The lowest BCUT2D eigenvalue weighted by Crippen LogP contribution is -2.56. The third-order valence-corrected chi connectivity index (χ3v) is 9.86. The predicted molar refractivity (Wildman–Crippen MR) is 147 cm³/mol. The number of likely N-dealkylation sites (tertiary alicyclic amines) is 1. The molecule has 200 valence electrons. The molecule has 2 N–H and O–H groups in total. The van der Waals surface area contributed by atoms with E-state index in [4.69, 9.17) is 5.73 Å². The molecule has 4 aliphatic carbocycles. The van der Waals surface area contributed by atoms with E-state index < -0.39 is 12.1 Å². The lowest BCUT2D eigenvalue weighted by Gasteiger charge is -2.56. The number of carbonyl (C=O) groups excluding carboxylic acids is 3. The molecule has 4 saturated carbocycles. The van der Waals surface area contributed by atoms with Crippen molar-refractivity contribution in [2.45, 2.75) is 76.8 Å². The fourth-order valence-corrected chi connectivity index (χ4v) is 8.59. The summed E-state index contributed by atoms with van der Waals surface area (Å²) in [6.07, 6.45) is 8.79. The van der Waals surface area contributed by atoms with Gasteiger partial charge in [0.1, 0.15) is 6.04 Å². The monoisotopic (exact) mass is 513 g/mol. The number of hydrogen-bond acceptors (Lipinski definition) is 3. The van der Waals surface area contributed by atoms with Gasteiger partial charge in [-0.25, -0.2) is 4.79 Å². The molecule has 7 rings (SSSR count). The first-order valence-corrected chi connectivity index (χ1v) is 14.4. The number of anilines is 1. The molecule has 0 aromatic heterocycles. The third-order valence-electron chi connectivity index (χ3n) is 9.86. The van der Waals surface area contributed by atoms with Crippen LogP contribution in [0.5, 0.6) is 0 Å². The summed E-state index contributed by atoms with van der Waals surface area (Å²) < 4.78 is 0. The summed E-state index contributed by atoms with van der Waals surface area (Å²) in [6, 6.07) is 16.0. The van der Waals surface area contributed by atoms with Crippen LogP contribution in [0.25, 0.3) is 0 Å². The van der Waals surface area contributed by atoms with Crippen LogP contribution in [0.1, 0.15) is 75.0 Å². The Hall–Kier alpha value is -3.15. The lowest BCUT2D eigenvalue weighted by molar-refractivity contribution is -0.150. The van der Waals surface area contributed by atoms with Crippen molar-refractivity contribution in [2.24, 2.45) is 28.9 Å². The summed E-state index contributed by atoms with van der Waals surface area (Å²) in [5.41, 5.74) is 8.29. The zero-order chi connectivity index (χ0) is 26.4. The highest BCUT2D eigenvalue weighted by Gasteiger charge is 2.55. The van der Waals surface area contributed by atoms with Gasteiger partial charge in [-0.2, -0.15) is 0 Å². The van der Waals surface area contributed by atoms with Gasteiger partial charge in [0.15, 0.2) is 5.78 Å². The highest BCUT2D eigenvalue weighted by atomic mass is 16.2. The Morgan fingerprint density at radius 2 is 1.61 bits per heavy atom. The van der Waals surface area contributed by atoms with Gasteiger partial charge in [-0.3, -0.25) is 14.5 Å². The number of nitrogens with zero attached hydrogens (tertiary/aromatic N) is 2. The first kappa shape index (κ1) is 25.1. The number of urea groups is 1. The van der Waals surface area contributed by atoms with Crippen LogP contribution in [0.4, 0.5) is 10.5 Å². The zero-order valence-electron chi connectivity index (χ0n) is 22.4. The van der Waals surface area contributed by atoms with Crippen molar-refractivity contribution < 1.29 is 14.4 Å². The fourth-order valence-electron chi connectivity index (χ4n) is 8.59. The van der Waals surface area contributed by atoms with E-state index in [1.165, 1.54) is 24.2 Å². The van der Waals surface area contributed by atoms with Crippen molar-refractivity contribution in [3.8, 4) is 0 Å². The standard InChI is InChI=1S/C32H39N3O3/c1-21-7-5-10-26(13-21)35(31(33)38)28-12-6-11-27(25-8-3-2-4-9-25)34(30(28)37)20-29(36)32-17-22-14-23(18-32)16-24(15-22)19-32/h2-5,7-10,13,22-24,27-28H,6,11-12,14-20H2,1H3,(H2,33,38). The van der Waals surface area contributed by atoms with Crippen LogP contribution < -0.4 is 10.6 Å². The van der Waals surface area contributed by atoms with Crippen LogP contribution in [0.3, 0.4) is 0 Å². The molecule has 2 unspecified atom stereocenters. The Labute approximate surface area is 225 Å². The summed E-state index contributed by atoms with van der Waals surface area (Å²) in [5, 5.41) is 0. The van der Waals surface area contributed by atoms with Crippen LogP contribution in [-0.4, -0.2) is 35.2 Å². The van der Waals surface area contributed by atoms with Gasteiger partial charge in [0.2, 0.25) is 5.91 Å². The minimum absolute atomic E-state index is 0.113. The summed E-state index contributed by atoms with van der Waals surface area (Å²) in [7, 11) is 0. The average Bonchev–Trinajstić information content (AvgIpc) is 3.03. The van der Waals surface area contributed by atoms with Crippen molar-refractivity contribution >= 4 is 23.4 Å². The number of benzene rings is 2. The molecule has 1 heterocycles. The second-order valence-electron chi connectivity index (χ2n) is 12.5. The Kier molecular flexibility index (Phi) is 6.53. The topological polar surface area (TPSA) is 83.7 Å². The van der Waals surface area contributed by atoms with Gasteiger partial charge in [0.25, 0.3) is 0 Å². The largest absolute Gasteiger partial charge is 0.351 e. The third kappa shape index (κ3) is 4.52. The van der Waals surface area contributed by atoms with Crippen molar-refractivity contribution in [1.82, 2.24) is 4.90 Å². The number of aryl methyl sites for hydroxylation is 1. The Balaban J connectivity index is 1.34. The maximum Gasteiger partial charge on any atom is 0.320 e. The van der Waals surface area contributed by atoms with E-state index in [1.54, 1.807) is 4.90 Å². The highest BCUT2D eigenvalue weighted by molar-refractivity contribution is 6.00. The quantitative estimate of drug-likeness (QED) is 0.531. The molecule has 2 aromatic rings. The second-order valence-corrected chi connectivity index (χ2v) is 12.5. The molecular weight excluding hydrogens is 474 g/mol. The number of nitrogens with two attached hydrogens (primary N) is 1. The molecule has 38 heavy (non-hydrogen) atoms. The maximum absolute atomic E-state index is 14.4. The van der Waals surface area contributed by atoms with E-state index in [-0.39, 0.29) is 29.7 Å². The number of ketones is 1. The van der Waals surface area contributed by atoms with E-state index in [2.05, 4.69) is 0 Å². The SMILES string of the molecule is Cc1cccc(N(C(N)=O)C2CCCC(c3ccccc3)N(CC(=O)C34CC5CC(CC(C5)C3)C4)C2=O)c1. The van der Waals surface area contributed by atoms with Crippen LogP contribution in [0.2, 0.25) is 0 Å². The minimum atomic E-state index is -0.729. The molecule has 6 heteroatoms. The van der Waals surface area contributed by atoms with E-state index in [0.717, 1.165) is 43.2 Å². The molecule has 6 nitrogen and oxygen atoms in total. The lowest BCUT2D eigenvalue weighted by atomic mass is 9.48. The van der Waals surface area contributed by atoms with Crippen molar-refractivity contribution in [1.29, 1.82) is 0 Å². The second kappa shape index (κ2) is 9.87. The maximum atomic E-state index is 14.4. The molecular formula is C32H39N3O3. The van der Waals surface area contributed by atoms with E-state index >= 15 is 0 Å². The fraction of sp³-hybridized carbons (Fsp3) is 0.531. The molecule has 2 aromatic carbocycles. The molecule has 5 fully saturated rings. The van der Waals surface area contributed by atoms with Gasteiger partial charge < -0.3 is 10.6 Å². The normalized spacial score (nSPS) is 32.2. The van der Waals surface area contributed by atoms with Gasteiger partial charge in [0.05, 0.1) is 12.6 Å². The molecule has 1 aliphatic heterocycles. The number of primary amides is 1. The molecule has 5 aliphatic rings. The number of hydrogen-bond donors (Lipinski definition) is 1. The number of Topliss-reactive ketones (excluding diaryl/α,β-unsaturated/α-hetero) is 1. The molecule has 1 saturated heterocycles. The summed E-state index contributed by atoms with van der Waals surface area (Å²) >= 11 is 0. The van der Waals surface area contributed by atoms with Gasteiger partial charge in [-0.15, -0.1) is 0 Å². The Bertz CT molecular complexity index is 1190. The number of carbonyl (C=O) groups is 3. The molecule has 3 amide bonds. The zero-order valence-corrected chi connectivity index (χ0v) is 22.4. The highest BCUT2D eigenvalue weighted by Crippen LogP contribution is 2.60. The van der Waals surface area contributed by atoms with E-state index in [0.29, 0.717) is 29.9 Å². The van der Waals surface area contributed by atoms with E-state index in [9.17, 15) is 14.4 Å². The number of rotatable bonds is 6. The minimum Gasteiger partial charge on any atom is -0.351 e. The van der Waals surface area contributed by atoms with Crippen LogP contribution >= 0.6 is 0 Å². The smallest absolute Gasteiger partial charge is 0.320 e. The number of amides is 3. The summed E-state index contributed by atoms with van der Waals surface area (Å²) in [5.74, 6) is 2.04. The molecule has 0 spiro atoms. The predicted octanol–water partition coefficient (Wildman–Crippen LogP) is 5.79. The Morgan fingerprint density at radius 1 is 0.947 bits per heavy atom. The van der Waals surface area contributed by atoms with Crippen LogP contribution in [0, 0.1) is 30.1 Å². The van der Waals surface area contributed by atoms with Crippen molar-refractivity contribution in [3.05, 3.63) is 65.7 Å². The van der Waals surface area contributed by atoms with Gasteiger partial charge >= 0.3 is 6.03 Å². The molecule has 0 radical (unpaired) electrons. The first-order chi connectivity index (χ1) is 18.3.